The summed E-state index contributed by atoms with van der Waals surface area (Å²) < 4.78 is 0. The van der Waals surface area contributed by atoms with Crippen molar-refractivity contribution in [3.8, 4) is 0 Å². The van der Waals surface area contributed by atoms with E-state index in [0.29, 0.717) is 10.9 Å². The predicted molar refractivity (Wildman–Crippen MR) is 106 cm³/mol. The molecule has 2 saturated carbocycles. The first kappa shape index (κ1) is 17.5. The third kappa shape index (κ3) is 2.64. The van der Waals surface area contributed by atoms with Gasteiger partial charge in [-0.2, -0.15) is 0 Å². The maximum Gasteiger partial charge on any atom is 0.190 e. The van der Waals surface area contributed by atoms with E-state index < -0.39 is 0 Å². The summed E-state index contributed by atoms with van der Waals surface area (Å²) in [6, 6.07) is 11.9. The summed E-state index contributed by atoms with van der Waals surface area (Å²) in [4.78, 5) is 22.2. The normalized spacial score (nSPS) is 29.2. The number of rotatable bonds is 4. The average Bonchev–Trinajstić information content (AvgIpc) is 2.89. The molecule has 3 atom stereocenters. The van der Waals surface area contributed by atoms with Gasteiger partial charge < -0.3 is 5.32 Å². The van der Waals surface area contributed by atoms with E-state index in [1.165, 1.54) is 0 Å². The van der Waals surface area contributed by atoms with Gasteiger partial charge in [0, 0.05) is 23.4 Å². The lowest BCUT2D eigenvalue weighted by atomic mass is 9.71. The summed E-state index contributed by atoms with van der Waals surface area (Å²) in [6.07, 6.45) is 2.13. The Morgan fingerprint density at radius 3 is 2.54 bits per heavy atom. The molecule has 0 amide bonds. The van der Waals surface area contributed by atoms with Crippen molar-refractivity contribution in [3.63, 3.8) is 0 Å². The number of carbonyl (C=O) groups is 1. The molecule has 136 valence electrons. The van der Waals surface area contributed by atoms with Gasteiger partial charge in [0.1, 0.15) is 11.6 Å². The Kier molecular flexibility index (Phi) is 4.10. The lowest BCUT2D eigenvalue weighted by Crippen LogP contribution is -2.35. The monoisotopic (exact) mass is 367 g/mol. The molecule has 2 fully saturated rings. The minimum absolute atomic E-state index is 0.0134. The van der Waals surface area contributed by atoms with Crippen molar-refractivity contribution in [1.29, 1.82) is 0 Å². The van der Waals surface area contributed by atoms with Gasteiger partial charge in [-0.05, 0) is 42.7 Å². The van der Waals surface area contributed by atoms with Gasteiger partial charge in [-0.25, -0.2) is 9.97 Å². The maximum atomic E-state index is 13.0. The van der Waals surface area contributed by atoms with Crippen LogP contribution in [0.3, 0.4) is 0 Å². The van der Waals surface area contributed by atoms with Gasteiger partial charge >= 0.3 is 0 Å². The molecule has 2 bridgehead atoms. The van der Waals surface area contributed by atoms with Crippen molar-refractivity contribution >= 4 is 29.1 Å². The highest BCUT2D eigenvalue weighted by Crippen LogP contribution is 2.67. The molecule has 2 aliphatic rings. The van der Waals surface area contributed by atoms with Crippen LogP contribution in [0.25, 0.3) is 0 Å². The summed E-state index contributed by atoms with van der Waals surface area (Å²) in [5.74, 6) is 1.33. The second kappa shape index (κ2) is 6.08. The summed E-state index contributed by atoms with van der Waals surface area (Å²) >= 11 is 1.55. The minimum Gasteiger partial charge on any atom is -0.340 e. The number of fused-ring (bicyclic) bond motifs is 2. The number of ketones is 1. The van der Waals surface area contributed by atoms with E-state index in [2.05, 4.69) is 36.1 Å². The van der Waals surface area contributed by atoms with E-state index in [0.717, 1.165) is 30.0 Å². The zero-order valence-electron chi connectivity index (χ0n) is 15.7. The van der Waals surface area contributed by atoms with Gasteiger partial charge in [-0.15, -0.1) is 0 Å². The number of Topliss-reactive ketones (excluding diaryl/α,β-unsaturated/α-hetero) is 1. The number of hydrogen-bond donors (Lipinski definition) is 1. The van der Waals surface area contributed by atoms with Crippen LogP contribution in [0, 0.1) is 23.7 Å². The summed E-state index contributed by atoms with van der Waals surface area (Å²) in [7, 11) is 0. The first-order valence-electron chi connectivity index (χ1n) is 9.19. The van der Waals surface area contributed by atoms with Crippen LogP contribution in [0.15, 0.2) is 41.6 Å². The molecular weight excluding hydrogens is 342 g/mol. The topological polar surface area (TPSA) is 54.9 Å². The second-order valence-corrected chi connectivity index (χ2v) is 9.37. The highest BCUT2D eigenvalue weighted by atomic mass is 32.2. The van der Waals surface area contributed by atoms with Crippen molar-refractivity contribution in [2.24, 2.45) is 16.7 Å². The van der Waals surface area contributed by atoms with Crippen molar-refractivity contribution in [2.45, 2.75) is 50.9 Å². The van der Waals surface area contributed by atoms with E-state index in [4.69, 9.17) is 0 Å². The smallest absolute Gasteiger partial charge is 0.190 e. The van der Waals surface area contributed by atoms with Crippen LogP contribution >= 0.6 is 11.8 Å². The Morgan fingerprint density at radius 2 is 1.88 bits per heavy atom. The molecule has 1 aromatic carbocycles. The van der Waals surface area contributed by atoms with Gasteiger partial charge in [-0.1, -0.05) is 50.7 Å². The molecule has 26 heavy (non-hydrogen) atoms. The second-order valence-electron chi connectivity index (χ2n) is 8.30. The fraction of sp³-hybridized carbons (Fsp3) is 0.476. The molecule has 0 radical (unpaired) electrons. The Morgan fingerprint density at radius 1 is 1.15 bits per heavy atom. The van der Waals surface area contributed by atoms with Crippen molar-refractivity contribution in [2.75, 3.05) is 5.32 Å². The molecule has 0 saturated heterocycles. The van der Waals surface area contributed by atoms with Crippen LogP contribution in [0.2, 0.25) is 0 Å². The van der Waals surface area contributed by atoms with E-state index in [1.54, 1.807) is 11.8 Å². The number of para-hydroxylation sites is 1. The fourth-order valence-corrected chi connectivity index (χ4v) is 6.13. The maximum absolute atomic E-state index is 13.0. The number of carbonyl (C=O) groups excluding carboxylic acids is 1. The quantitative estimate of drug-likeness (QED) is 0.770. The highest BCUT2D eigenvalue weighted by molar-refractivity contribution is 8.00. The molecule has 4 rings (SSSR count). The molecule has 5 heteroatoms. The molecule has 4 nitrogen and oxygen atoms in total. The molecule has 2 aromatic rings. The number of aryl methyl sites for hydroxylation is 1. The first-order chi connectivity index (χ1) is 12.3. The Balaban J connectivity index is 1.60. The first-order valence-corrected chi connectivity index (χ1v) is 10.1. The van der Waals surface area contributed by atoms with Crippen molar-refractivity contribution < 1.29 is 4.79 Å². The van der Waals surface area contributed by atoms with Crippen molar-refractivity contribution in [1.82, 2.24) is 9.97 Å². The van der Waals surface area contributed by atoms with Gasteiger partial charge in [-0.3, -0.25) is 4.79 Å². The number of thioether (sulfide) groups is 1. The largest absolute Gasteiger partial charge is 0.340 e. The predicted octanol–water partition coefficient (Wildman–Crippen LogP) is 5.01. The number of nitrogens with zero attached hydrogens (tertiary/aromatic N) is 2. The number of hydrogen-bond acceptors (Lipinski definition) is 5. The Labute approximate surface area is 159 Å². The third-order valence-corrected chi connectivity index (χ3v) is 7.96. The zero-order chi connectivity index (χ0) is 18.5. The lowest BCUT2D eigenvalue weighted by molar-refractivity contribution is -0.122. The number of aromatic nitrogens is 2. The summed E-state index contributed by atoms with van der Waals surface area (Å²) in [6.45, 7) is 8.75. The van der Waals surface area contributed by atoms with E-state index in [9.17, 15) is 4.79 Å². The molecule has 1 aromatic heterocycles. The summed E-state index contributed by atoms with van der Waals surface area (Å²) in [5.41, 5.74) is 1.96. The molecule has 0 aliphatic heterocycles. The Bertz CT molecular complexity index is 852. The van der Waals surface area contributed by atoms with Crippen LogP contribution in [-0.4, -0.2) is 21.0 Å². The third-order valence-electron chi connectivity index (χ3n) is 6.58. The minimum atomic E-state index is -0.0531. The number of benzene rings is 1. The van der Waals surface area contributed by atoms with Crippen LogP contribution in [0.4, 0.5) is 11.5 Å². The van der Waals surface area contributed by atoms with Crippen LogP contribution < -0.4 is 5.32 Å². The summed E-state index contributed by atoms with van der Waals surface area (Å²) in [5, 5.41) is 3.96. The fourth-order valence-electron chi connectivity index (χ4n) is 4.61. The molecule has 2 aliphatic carbocycles. The Hall–Kier alpha value is -1.88. The highest BCUT2D eigenvalue weighted by Gasteiger charge is 2.66. The zero-order valence-corrected chi connectivity index (χ0v) is 16.6. The molecular formula is C21H25N3OS. The van der Waals surface area contributed by atoms with E-state index in [-0.39, 0.29) is 22.0 Å². The average molecular weight is 368 g/mol. The van der Waals surface area contributed by atoms with Gasteiger partial charge in [0.05, 0.1) is 5.25 Å². The number of anilines is 2. The van der Waals surface area contributed by atoms with E-state index >= 15 is 0 Å². The lowest BCUT2D eigenvalue weighted by Gasteiger charge is -2.37. The van der Waals surface area contributed by atoms with Crippen LogP contribution in [-0.2, 0) is 4.79 Å². The van der Waals surface area contributed by atoms with Gasteiger partial charge in [0.15, 0.2) is 5.16 Å². The molecule has 0 spiro atoms. The molecule has 1 heterocycles. The van der Waals surface area contributed by atoms with E-state index in [1.807, 2.05) is 43.3 Å². The van der Waals surface area contributed by atoms with Crippen LogP contribution in [0.5, 0.6) is 0 Å². The molecule has 1 N–H and O–H groups in total. The van der Waals surface area contributed by atoms with Gasteiger partial charge in [0.2, 0.25) is 0 Å². The van der Waals surface area contributed by atoms with Crippen molar-refractivity contribution in [3.05, 3.63) is 42.1 Å². The number of nitrogens with one attached hydrogen (secondary N) is 1. The SMILES string of the molecule is Cc1cc(Nc2ccccc2)nc(S[C@@H]2C(=O)[C@H]3CC[C@]2(C)C3(C)C)n1. The standard InChI is InChI=1S/C21H25N3OS/c1-13-12-16(23-14-8-6-5-7-9-14)24-19(22-13)26-18-17(25)15-10-11-21(18,4)20(15,2)3/h5-9,12,15,18H,10-11H2,1-4H3,(H,22,23,24)/t15-,18-,21+/m1/s1. The molecule has 0 unspecified atom stereocenters. The van der Waals surface area contributed by atoms with Crippen LogP contribution in [0.1, 0.15) is 39.3 Å². The van der Waals surface area contributed by atoms with Gasteiger partial charge in [0.25, 0.3) is 0 Å².